The van der Waals surface area contributed by atoms with Crippen LogP contribution in [0, 0.1) is 5.41 Å². The molecule has 1 aliphatic rings. The first-order chi connectivity index (χ1) is 5.55. The SMILES string of the molecule is CCCN1CCC[C@H]1C(C)(C)C. The first-order valence-electron chi connectivity index (χ1n) is 5.29. The summed E-state index contributed by atoms with van der Waals surface area (Å²) in [5, 5.41) is 0. The van der Waals surface area contributed by atoms with Crippen molar-refractivity contribution in [3.05, 3.63) is 0 Å². The summed E-state index contributed by atoms with van der Waals surface area (Å²) in [4.78, 5) is 2.67. The molecule has 0 aromatic carbocycles. The van der Waals surface area contributed by atoms with Crippen molar-refractivity contribution >= 4 is 0 Å². The van der Waals surface area contributed by atoms with Crippen LogP contribution in [0.15, 0.2) is 0 Å². The Morgan fingerprint density at radius 1 is 1.33 bits per heavy atom. The van der Waals surface area contributed by atoms with Gasteiger partial charge >= 0.3 is 0 Å². The van der Waals surface area contributed by atoms with Gasteiger partial charge in [-0.2, -0.15) is 0 Å². The summed E-state index contributed by atoms with van der Waals surface area (Å²) in [5.41, 5.74) is 0.478. The monoisotopic (exact) mass is 169 g/mol. The fourth-order valence-electron chi connectivity index (χ4n) is 2.36. The molecule has 0 saturated carbocycles. The first-order valence-corrected chi connectivity index (χ1v) is 5.29. The molecule has 0 N–H and O–H groups in total. The first kappa shape index (κ1) is 10.0. The van der Waals surface area contributed by atoms with Crippen molar-refractivity contribution in [3.63, 3.8) is 0 Å². The van der Waals surface area contributed by atoms with Gasteiger partial charge in [-0.25, -0.2) is 0 Å². The Bertz CT molecular complexity index is 134. The predicted molar refractivity (Wildman–Crippen MR) is 54.3 cm³/mol. The number of nitrogens with zero attached hydrogens (tertiary/aromatic N) is 1. The average molecular weight is 169 g/mol. The Morgan fingerprint density at radius 2 is 2.00 bits per heavy atom. The van der Waals surface area contributed by atoms with Gasteiger partial charge in [0.25, 0.3) is 0 Å². The van der Waals surface area contributed by atoms with Crippen molar-refractivity contribution in [2.24, 2.45) is 5.41 Å². The van der Waals surface area contributed by atoms with Crippen molar-refractivity contribution in [1.82, 2.24) is 4.90 Å². The molecule has 1 heterocycles. The lowest BCUT2D eigenvalue weighted by atomic mass is 9.85. The fraction of sp³-hybridized carbons (Fsp3) is 1.00. The molecule has 0 amide bonds. The van der Waals surface area contributed by atoms with Crippen LogP contribution in [0.2, 0.25) is 0 Å². The smallest absolute Gasteiger partial charge is 0.0144 e. The van der Waals surface area contributed by atoms with Crippen LogP contribution in [0.1, 0.15) is 47.0 Å². The topological polar surface area (TPSA) is 3.24 Å². The highest BCUT2D eigenvalue weighted by Gasteiger charge is 2.33. The molecule has 0 unspecified atom stereocenters. The van der Waals surface area contributed by atoms with E-state index in [1.165, 1.54) is 32.4 Å². The van der Waals surface area contributed by atoms with Gasteiger partial charge in [-0.05, 0) is 37.8 Å². The van der Waals surface area contributed by atoms with Crippen molar-refractivity contribution in [2.45, 2.75) is 53.0 Å². The van der Waals surface area contributed by atoms with Crippen LogP contribution < -0.4 is 0 Å². The van der Waals surface area contributed by atoms with Crippen LogP contribution in [0.4, 0.5) is 0 Å². The van der Waals surface area contributed by atoms with Gasteiger partial charge in [0.1, 0.15) is 0 Å². The van der Waals surface area contributed by atoms with Crippen molar-refractivity contribution in [1.29, 1.82) is 0 Å². The van der Waals surface area contributed by atoms with Crippen LogP contribution >= 0.6 is 0 Å². The van der Waals surface area contributed by atoms with E-state index in [2.05, 4.69) is 32.6 Å². The highest BCUT2D eigenvalue weighted by Crippen LogP contribution is 2.32. The van der Waals surface area contributed by atoms with E-state index in [1.54, 1.807) is 0 Å². The molecule has 1 heteroatoms. The van der Waals surface area contributed by atoms with E-state index >= 15 is 0 Å². The molecule has 1 atom stereocenters. The second kappa shape index (κ2) is 3.78. The summed E-state index contributed by atoms with van der Waals surface area (Å²) in [6.45, 7) is 12.0. The molecular formula is C11H23N. The third kappa shape index (κ3) is 2.22. The molecule has 1 rings (SSSR count). The molecule has 1 fully saturated rings. The summed E-state index contributed by atoms with van der Waals surface area (Å²) in [5.74, 6) is 0. The maximum absolute atomic E-state index is 2.67. The molecule has 0 spiro atoms. The van der Waals surface area contributed by atoms with Gasteiger partial charge in [-0.15, -0.1) is 0 Å². The molecule has 1 saturated heterocycles. The van der Waals surface area contributed by atoms with Crippen LogP contribution in [0.3, 0.4) is 0 Å². The highest BCUT2D eigenvalue weighted by atomic mass is 15.2. The van der Waals surface area contributed by atoms with Crippen molar-refractivity contribution in [2.75, 3.05) is 13.1 Å². The Morgan fingerprint density at radius 3 is 2.50 bits per heavy atom. The van der Waals surface area contributed by atoms with E-state index in [0.717, 1.165) is 6.04 Å². The fourth-order valence-corrected chi connectivity index (χ4v) is 2.36. The Labute approximate surface area is 77.1 Å². The Kier molecular flexibility index (Phi) is 3.16. The van der Waals surface area contributed by atoms with Gasteiger partial charge in [-0.3, -0.25) is 4.90 Å². The third-order valence-corrected chi connectivity index (χ3v) is 2.87. The van der Waals surface area contributed by atoms with Crippen LogP contribution in [0.25, 0.3) is 0 Å². The number of hydrogen-bond acceptors (Lipinski definition) is 1. The van der Waals surface area contributed by atoms with Crippen molar-refractivity contribution < 1.29 is 0 Å². The Hall–Kier alpha value is -0.0400. The molecule has 0 aliphatic carbocycles. The van der Waals surface area contributed by atoms with Gasteiger partial charge in [-0.1, -0.05) is 27.7 Å². The van der Waals surface area contributed by atoms with Gasteiger partial charge in [0, 0.05) is 6.04 Å². The lowest BCUT2D eigenvalue weighted by molar-refractivity contribution is 0.141. The van der Waals surface area contributed by atoms with Crippen molar-refractivity contribution in [3.8, 4) is 0 Å². The third-order valence-electron chi connectivity index (χ3n) is 2.87. The maximum Gasteiger partial charge on any atom is 0.0144 e. The highest BCUT2D eigenvalue weighted by molar-refractivity contribution is 4.87. The van der Waals surface area contributed by atoms with Gasteiger partial charge in [0.15, 0.2) is 0 Å². The summed E-state index contributed by atoms with van der Waals surface area (Å²) >= 11 is 0. The summed E-state index contributed by atoms with van der Waals surface area (Å²) in [7, 11) is 0. The van der Waals surface area contributed by atoms with E-state index in [1.807, 2.05) is 0 Å². The molecule has 0 aromatic heterocycles. The minimum Gasteiger partial charge on any atom is -0.300 e. The summed E-state index contributed by atoms with van der Waals surface area (Å²) in [6, 6.07) is 0.831. The lowest BCUT2D eigenvalue weighted by Crippen LogP contribution is -2.39. The van der Waals surface area contributed by atoms with Crippen LogP contribution in [-0.2, 0) is 0 Å². The molecule has 1 nitrogen and oxygen atoms in total. The number of rotatable bonds is 2. The number of hydrogen-bond donors (Lipinski definition) is 0. The standard InChI is InChI=1S/C11H23N/c1-5-8-12-9-6-7-10(12)11(2,3)4/h10H,5-9H2,1-4H3/t10-/m0/s1. The minimum atomic E-state index is 0.478. The molecule has 0 bridgehead atoms. The second-order valence-electron chi connectivity index (χ2n) is 5.06. The van der Waals surface area contributed by atoms with E-state index in [0.29, 0.717) is 5.41 Å². The molecule has 1 aliphatic heterocycles. The van der Waals surface area contributed by atoms with E-state index in [4.69, 9.17) is 0 Å². The van der Waals surface area contributed by atoms with Crippen LogP contribution in [0.5, 0.6) is 0 Å². The largest absolute Gasteiger partial charge is 0.300 e. The Balaban J connectivity index is 2.52. The molecular weight excluding hydrogens is 146 g/mol. The molecule has 72 valence electrons. The lowest BCUT2D eigenvalue weighted by Gasteiger charge is -2.34. The van der Waals surface area contributed by atoms with Gasteiger partial charge in [0.2, 0.25) is 0 Å². The van der Waals surface area contributed by atoms with E-state index < -0.39 is 0 Å². The molecule has 0 radical (unpaired) electrons. The summed E-state index contributed by atoms with van der Waals surface area (Å²) < 4.78 is 0. The van der Waals surface area contributed by atoms with E-state index in [9.17, 15) is 0 Å². The average Bonchev–Trinajstić information content (AvgIpc) is 2.34. The van der Waals surface area contributed by atoms with Gasteiger partial charge < -0.3 is 0 Å². The quantitative estimate of drug-likeness (QED) is 0.614. The molecule has 12 heavy (non-hydrogen) atoms. The molecule has 0 aromatic rings. The summed E-state index contributed by atoms with van der Waals surface area (Å²) in [6.07, 6.45) is 4.11. The predicted octanol–water partition coefficient (Wildman–Crippen LogP) is 2.91. The van der Waals surface area contributed by atoms with Crippen LogP contribution in [-0.4, -0.2) is 24.0 Å². The van der Waals surface area contributed by atoms with Gasteiger partial charge in [0.05, 0.1) is 0 Å². The maximum atomic E-state index is 2.67. The number of likely N-dealkylation sites (tertiary alicyclic amines) is 1. The zero-order chi connectivity index (χ0) is 9.19. The zero-order valence-electron chi connectivity index (χ0n) is 9.06. The minimum absolute atomic E-state index is 0.478. The second-order valence-corrected chi connectivity index (χ2v) is 5.06. The normalized spacial score (nSPS) is 26.5. The van der Waals surface area contributed by atoms with E-state index in [-0.39, 0.29) is 0 Å². The zero-order valence-corrected chi connectivity index (χ0v) is 9.06.